The van der Waals surface area contributed by atoms with Crippen molar-refractivity contribution in [2.45, 2.75) is 65.0 Å². The Hall–Kier alpha value is -0.823. The Morgan fingerprint density at radius 3 is 2.35 bits per heavy atom. The van der Waals surface area contributed by atoms with E-state index in [0.717, 1.165) is 5.54 Å². The fourth-order valence-electron chi connectivity index (χ4n) is 4.12. The van der Waals surface area contributed by atoms with Crippen LogP contribution in [0.4, 0.5) is 0 Å². The average molecular weight is 287 g/mol. The summed E-state index contributed by atoms with van der Waals surface area (Å²) in [6.07, 6.45) is 14.3. The molecular formula is C19H30Si. The van der Waals surface area contributed by atoms with Gasteiger partial charge in [0, 0.05) is 9.52 Å². The van der Waals surface area contributed by atoms with E-state index < -0.39 is 0 Å². The molecule has 0 aromatic rings. The fraction of sp³-hybridized carbons (Fsp3) is 0.579. The molecule has 0 N–H and O–H groups in total. The van der Waals surface area contributed by atoms with Crippen LogP contribution in [0, 0.1) is 5.41 Å². The van der Waals surface area contributed by atoms with Crippen LogP contribution >= 0.6 is 0 Å². The summed E-state index contributed by atoms with van der Waals surface area (Å²) in [6.45, 7) is 14.3. The van der Waals surface area contributed by atoms with Gasteiger partial charge in [0.1, 0.15) is 0 Å². The molecule has 0 nitrogen and oxygen atoms in total. The first-order valence-corrected chi connectivity index (χ1v) is 9.53. The van der Waals surface area contributed by atoms with Crippen LogP contribution in [0.1, 0.15) is 54.4 Å². The second-order valence-corrected chi connectivity index (χ2v) is 11.0. The molecule has 2 rings (SSSR count). The Morgan fingerprint density at radius 1 is 1.20 bits per heavy atom. The maximum atomic E-state index is 2.63. The van der Waals surface area contributed by atoms with E-state index in [1.165, 1.54) is 18.4 Å². The summed E-state index contributed by atoms with van der Waals surface area (Å²) in [5.41, 5.74) is 5.94. The minimum Gasteiger partial charge on any atom is -0.0837 e. The van der Waals surface area contributed by atoms with Crippen LogP contribution in [0.3, 0.4) is 0 Å². The first-order valence-electron chi connectivity index (χ1n) is 8.00. The number of hydrogen-bond acceptors (Lipinski definition) is 0. The maximum Gasteiger partial charge on any atom is 0.0396 e. The third-order valence-electron chi connectivity index (χ3n) is 5.22. The zero-order chi connectivity index (χ0) is 15.0. The van der Waals surface area contributed by atoms with Gasteiger partial charge in [-0.2, -0.15) is 0 Å². The van der Waals surface area contributed by atoms with Gasteiger partial charge in [-0.3, -0.25) is 0 Å². The molecule has 0 amide bonds. The van der Waals surface area contributed by atoms with E-state index in [2.05, 4.69) is 71.9 Å². The second kappa shape index (κ2) is 5.52. The summed E-state index contributed by atoms with van der Waals surface area (Å²) in [5, 5.41) is 0.409. The van der Waals surface area contributed by atoms with Gasteiger partial charge < -0.3 is 0 Å². The Labute approximate surface area is 127 Å². The van der Waals surface area contributed by atoms with Gasteiger partial charge in [-0.15, -0.1) is 0 Å². The van der Waals surface area contributed by atoms with Gasteiger partial charge in [0.2, 0.25) is 0 Å². The maximum absolute atomic E-state index is 2.63. The predicted molar refractivity (Wildman–Crippen MR) is 94.1 cm³/mol. The highest BCUT2D eigenvalue weighted by Crippen LogP contribution is 2.55. The number of allylic oxidation sites excluding steroid dienone is 8. The summed E-state index contributed by atoms with van der Waals surface area (Å²) in [5.74, 6) is 0. The average Bonchev–Trinajstić information content (AvgIpc) is 2.53. The molecule has 2 aliphatic carbocycles. The molecule has 1 heteroatoms. The fourth-order valence-corrected chi connectivity index (χ4v) is 7.29. The van der Waals surface area contributed by atoms with E-state index in [1.54, 1.807) is 11.1 Å². The van der Waals surface area contributed by atoms with Crippen LogP contribution in [0.2, 0.25) is 10.6 Å². The smallest absolute Gasteiger partial charge is 0.0396 e. The highest BCUT2D eigenvalue weighted by atomic mass is 28.2. The molecule has 0 aromatic carbocycles. The number of rotatable bonds is 4. The van der Waals surface area contributed by atoms with Gasteiger partial charge in [-0.1, -0.05) is 67.8 Å². The Bertz CT molecular complexity index is 504. The molecule has 110 valence electrons. The SMILES string of the molecule is CC1=CC(CC2(C)C=CC=CC2)([SiH2]C(C)C)C(C)=C1C. The third-order valence-corrected chi connectivity index (χ3v) is 7.74. The van der Waals surface area contributed by atoms with Gasteiger partial charge in [0.05, 0.1) is 0 Å². The van der Waals surface area contributed by atoms with Gasteiger partial charge in [-0.25, -0.2) is 0 Å². The molecule has 2 unspecified atom stereocenters. The molecule has 0 saturated carbocycles. The van der Waals surface area contributed by atoms with Crippen LogP contribution in [-0.2, 0) is 0 Å². The van der Waals surface area contributed by atoms with Crippen molar-refractivity contribution in [1.82, 2.24) is 0 Å². The standard InChI is InChI=1S/C19H30Si/c1-14(2)20-19(12-15(3)16(4)17(19)5)13-18(6)10-8-7-9-11-18/h7-10,12,14H,11,13,20H2,1-6H3. The van der Waals surface area contributed by atoms with Crippen molar-refractivity contribution in [3.8, 4) is 0 Å². The van der Waals surface area contributed by atoms with Crippen molar-refractivity contribution in [1.29, 1.82) is 0 Å². The van der Waals surface area contributed by atoms with Crippen molar-refractivity contribution in [3.05, 3.63) is 47.1 Å². The summed E-state index contributed by atoms with van der Waals surface area (Å²) < 4.78 is 0. The normalized spacial score (nSPS) is 33.9. The molecule has 0 heterocycles. The van der Waals surface area contributed by atoms with Crippen LogP contribution < -0.4 is 0 Å². The van der Waals surface area contributed by atoms with Crippen molar-refractivity contribution >= 4 is 9.52 Å². The first-order chi connectivity index (χ1) is 9.28. The number of hydrogen-bond donors (Lipinski definition) is 0. The second-order valence-electron chi connectivity index (χ2n) is 7.65. The van der Waals surface area contributed by atoms with E-state index in [1.807, 2.05) is 0 Å². The molecule has 0 aromatic heterocycles. The van der Waals surface area contributed by atoms with Crippen LogP contribution in [0.25, 0.3) is 0 Å². The highest BCUT2D eigenvalue weighted by Gasteiger charge is 2.41. The van der Waals surface area contributed by atoms with Gasteiger partial charge in [0.25, 0.3) is 0 Å². The summed E-state index contributed by atoms with van der Waals surface area (Å²) in [4.78, 5) is 0. The van der Waals surface area contributed by atoms with Crippen LogP contribution in [-0.4, -0.2) is 9.52 Å². The minimum atomic E-state index is -0.170. The molecular weight excluding hydrogens is 256 g/mol. The lowest BCUT2D eigenvalue weighted by Crippen LogP contribution is -2.29. The monoisotopic (exact) mass is 286 g/mol. The van der Waals surface area contributed by atoms with E-state index in [9.17, 15) is 0 Å². The first kappa shape index (κ1) is 15.6. The zero-order valence-corrected chi connectivity index (χ0v) is 15.5. The zero-order valence-electron chi connectivity index (χ0n) is 14.1. The summed E-state index contributed by atoms with van der Waals surface area (Å²) in [7, 11) is -0.170. The van der Waals surface area contributed by atoms with Crippen molar-refractivity contribution in [2.24, 2.45) is 5.41 Å². The molecule has 2 aliphatic rings. The molecule has 0 radical (unpaired) electrons. The quantitative estimate of drug-likeness (QED) is 0.611. The van der Waals surface area contributed by atoms with E-state index in [4.69, 9.17) is 0 Å². The van der Waals surface area contributed by atoms with Crippen molar-refractivity contribution in [3.63, 3.8) is 0 Å². The van der Waals surface area contributed by atoms with E-state index in [-0.39, 0.29) is 9.52 Å². The van der Waals surface area contributed by atoms with Gasteiger partial charge in [0.15, 0.2) is 0 Å². The van der Waals surface area contributed by atoms with Gasteiger partial charge >= 0.3 is 0 Å². The van der Waals surface area contributed by atoms with E-state index in [0.29, 0.717) is 10.5 Å². The van der Waals surface area contributed by atoms with Crippen LogP contribution in [0.15, 0.2) is 47.1 Å². The summed E-state index contributed by atoms with van der Waals surface area (Å²) in [6, 6.07) is 0. The molecule has 20 heavy (non-hydrogen) atoms. The Kier molecular flexibility index (Phi) is 4.29. The van der Waals surface area contributed by atoms with Gasteiger partial charge in [-0.05, 0) is 49.6 Å². The molecule has 0 bridgehead atoms. The molecule has 0 saturated heterocycles. The third kappa shape index (κ3) is 2.93. The lowest BCUT2D eigenvalue weighted by atomic mass is 9.74. The topological polar surface area (TPSA) is 0 Å². The largest absolute Gasteiger partial charge is 0.0837 e. The van der Waals surface area contributed by atoms with Crippen LogP contribution in [0.5, 0.6) is 0 Å². The molecule has 0 aliphatic heterocycles. The summed E-state index contributed by atoms with van der Waals surface area (Å²) >= 11 is 0. The predicted octanol–water partition coefficient (Wildman–Crippen LogP) is 5.35. The Morgan fingerprint density at radius 2 is 1.90 bits per heavy atom. The highest BCUT2D eigenvalue weighted by molar-refractivity contribution is 6.44. The Balaban J connectivity index is 2.35. The molecule has 0 spiro atoms. The van der Waals surface area contributed by atoms with Crippen molar-refractivity contribution < 1.29 is 0 Å². The molecule has 2 atom stereocenters. The lowest BCUT2D eigenvalue weighted by molar-refractivity contribution is 0.365. The van der Waals surface area contributed by atoms with E-state index >= 15 is 0 Å². The molecule has 0 fully saturated rings. The van der Waals surface area contributed by atoms with Crippen molar-refractivity contribution in [2.75, 3.05) is 0 Å². The minimum absolute atomic E-state index is 0.170. The lowest BCUT2D eigenvalue weighted by Gasteiger charge is -2.40.